The lowest BCUT2D eigenvalue weighted by Gasteiger charge is -2.06. The Balaban J connectivity index is 2.28. The van der Waals surface area contributed by atoms with Crippen LogP contribution in [0.2, 0.25) is 0 Å². The Hall–Kier alpha value is -2.37. The Morgan fingerprint density at radius 1 is 1.10 bits per heavy atom. The number of aromatic nitrogens is 5. The van der Waals surface area contributed by atoms with E-state index in [-0.39, 0.29) is 0 Å². The van der Waals surface area contributed by atoms with Crippen LogP contribution in [0.15, 0.2) is 10.5 Å². The first-order valence-corrected chi connectivity index (χ1v) is 7.30. The van der Waals surface area contributed by atoms with Crippen molar-refractivity contribution < 1.29 is 4.42 Å². The van der Waals surface area contributed by atoms with Gasteiger partial charge in [-0.3, -0.25) is 4.40 Å². The van der Waals surface area contributed by atoms with Gasteiger partial charge >= 0.3 is 0 Å². The molecule has 0 atom stereocenters. The van der Waals surface area contributed by atoms with Gasteiger partial charge in [-0.2, -0.15) is 9.61 Å². The standard InChI is InChI=1S/C15H17N5O/c1-5-12-16-17-15-10-7-11-14(8(3)9(4)21-11)19(10)13(6-2)18-20(12)15/h7H,5-6H2,1-4H3. The zero-order valence-corrected chi connectivity index (χ0v) is 12.6. The molecule has 0 unspecified atom stereocenters. The Morgan fingerprint density at radius 3 is 2.57 bits per heavy atom. The maximum atomic E-state index is 5.86. The third kappa shape index (κ3) is 1.44. The van der Waals surface area contributed by atoms with E-state index < -0.39 is 0 Å². The van der Waals surface area contributed by atoms with E-state index in [1.165, 1.54) is 0 Å². The molecule has 0 saturated heterocycles. The predicted octanol–water partition coefficient (Wildman–Crippen LogP) is 2.86. The molecular weight excluding hydrogens is 266 g/mol. The highest BCUT2D eigenvalue weighted by molar-refractivity contribution is 5.91. The summed E-state index contributed by atoms with van der Waals surface area (Å²) < 4.78 is 9.87. The van der Waals surface area contributed by atoms with Crippen LogP contribution in [0.3, 0.4) is 0 Å². The van der Waals surface area contributed by atoms with Gasteiger partial charge in [-0.15, -0.1) is 10.2 Å². The highest BCUT2D eigenvalue weighted by atomic mass is 16.3. The fourth-order valence-corrected chi connectivity index (χ4v) is 2.95. The quantitative estimate of drug-likeness (QED) is 0.567. The Kier molecular flexibility index (Phi) is 2.40. The largest absolute Gasteiger partial charge is 0.459 e. The van der Waals surface area contributed by atoms with Crippen LogP contribution in [0.5, 0.6) is 0 Å². The number of aryl methyl sites for hydroxylation is 4. The van der Waals surface area contributed by atoms with Gasteiger partial charge in [0, 0.05) is 24.5 Å². The molecule has 6 heteroatoms. The summed E-state index contributed by atoms with van der Waals surface area (Å²) in [5.74, 6) is 2.82. The molecule has 0 saturated carbocycles. The second kappa shape index (κ2) is 4.07. The third-order valence-corrected chi connectivity index (χ3v) is 4.15. The van der Waals surface area contributed by atoms with Crippen LogP contribution in [-0.2, 0) is 12.8 Å². The number of furan rings is 1. The van der Waals surface area contributed by atoms with Gasteiger partial charge in [0.1, 0.15) is 11.6 Å². The molecule has 0 bridgehead atoms. The van der Waals surface area contributed by atoms with Crippen molar-refractivity contribution in [2.24, 2.45) is 0 Å². The van der Waals surface area contributed by atoms with Crippen LogP contribution in [-0.4, -0.2) is 24.2 Å². The van der Waals surface area contributed by atoms with Crippen LogP contribution in [0, 0.1) is 13.8 Å². The third-order valence-electron chi connectivity index (χ3n) is 4.15. The summed E-state index contributed by atoms with van der Waals surface area (Å²) in [7, 11) is 0. The summed E-state index contributed by atoms with van der Waals surface area (Å²) in [6.45, 7) is 8.24. The highest BCUT2D eigenvalue weighted by Crippen LogP contribution is 2.30. The van der Waals surface area contributed by atoms with E-state index in [1.54, 1.807) is 0 Å². The van der Waals surface area contributed by atoms with Gasteiger partial charge in [0.25, 0.3) is 0 Å². The van der Waals surface area contributed by atoms with E-state index in [9.17, 15) is 0 Å². The molecule has 0 aliphatic carbocycles. The molecule has 108 valence electrons. The molecule has 4 heterocycles. The van der Waals surface area contributed by atoms with E-state index >= 15 is 0 Å². The topological polar surface area (TPSA) is 60.6 Å². The minimum atomic E-state index is 0.785. The number of hydrogen-bond acceptors (Lipinski definition) is 4. The maximum absolute atomic E-state index is 5.86. The van der Waals surface area contributed by atoms with E-state index in [0.29, 0.717) is 0 Å². The molecule has 6 nitrogen and oxygen atoms in total. The smallest absolute Gasteiger partial charge is 0.202 e. The zero-order valence-electron chi connectivity index (χ0n) is 12.6. The fraction of sp³-hybridized carbons (Fsp3) is 0.400. The normalized spacial score (nSPS) is 12.2. The highest BCUT2D eigenvalue weighted by Gasteiger charge is 2.19. The van der Waals surface area contributed by atoms with Gasteiger partial charge in [0.05, 0.1) is 11.0 Å². The fourth-order valence-electron chi connectivity index (χ4n) is 2.95. The van der Waals surface area contributed by atoms with Crippen LogP contribution in [0.25, 0.3) is 22.3 Å². The van der Waals surface area contributed by atoms with Gasteiger partial charge in [-0.05, 0) is 13.8 Å². The van der Waals surface area contributed by atoms with Crippen molar-refractivity contribution in [1.82, 2.24) is 24.2 Å². The van der Waals surface area contributed by atoms with Crippen molar-refractivity contribution in [3.05, 3.63) is 29.0 Å². The molecule has 21 heavy (non-hydrogen) atoms. The van der Waals surface area contributed by atoms with Crippen molar-refractivity contribution >= 4 is 22.3 Å². The number of nitrogens with zero attached hydrogens (tertiary/aromatic N) is 5. The lowest BCUT2D eigenvalue weighted by molar-refractivity contribution is 0.575. The molecule has 4 aromatic heterocycles. The van der Waals surface area contributed by atoms with Crippen LogP contribution >= 0.6 is 0 Å². The Bertz CT molecular complexity index is 988. The SMILES string of the molecule is CCc1nnc2c3cc4oc(C)c(C)c4n3c(CC)nn12. The van der Waals surface area contributed by atoms with Crippen LogP contribution < -0.4 is 0 Å². The molecule has 0 N–H and O–H groups in total. The average Bonchev–Trinajstić information content (AvgIpc) is 3.12. The van der Waals surface area contributed by atoms with E-state index in [0.717, 1.165) is 58.1 Å². The molecule has 0 aliphatic heterocycles. The van der Waals surface area contributed by atoms with E-state index in [4.69, 9.17) is 9.52 Å². The number of hydrogen-bond donors (Lipinski definition) is 0. The minimum Gasteiger partial charge on any atom is -0.459 e. The lowest BCUT2D eigenvalue weighted by Crippen LogP contribution is -2.07. The first-order valence-electron chi connectivity index (χ1n) is 7.30. The molecule has 0 aromatic carbocycles. The second-order valence-corrected chi connectivity index (χ2v) is 5.34. The molecule has 0 spiro atoms. The van der Waals surface area contributed by atoms with Crippen molar-refractivity contribution in [3.63, 3.8) is 0 Å². The molecular formula is C15H17N5O. The molecule has 4 aromatic rings. The molecule has 4 rings (SSSR count). The summed E-state index contributed by atoms with van der Waals surface area (Å²) in [5, 5.41) is 13.3. The summed E-state index contributed by atoms with van der Waals surface area (Å²) >= 11 is 0. The average molecular weight is 283 g/mol. The molecule has 0 amide bonds. The van der Waals surface area contributed by atoms with Gasteiger partial charge < -0.3 is 4.42 Å². The molecule has 0 fully saturated rings. The zero-order chi connectivity index (χ0) is 14.7. The Labute approximate surface area is 121 Å². The summed E-state index contributed by atoms with van der Waals surface area (Å²) in [4.78, 5) is 0. The Morgan fingerprint density at radius 2 is 1.86 bits per heavy atom. The summed E-state index contributed by atoms with van der Waals surface area (Å²) in [6, 6.07) is 2.04. The molecule has 0 aliphatic rings. The minimum absolute atomic E-state index is 0.785. The predicted molar refractivity (Wildman–Crippen MR) is 79.7 cm³/mol. The van der Waals surface area contributed by atoms with Crippen LogP contribution in [0.1, 0.15) is 36.8 Å². The van der Waals surface area contributed by atoms with Crippen molar-refractivity contribution in [2.45, 2.75) is 40.5 Å². The van der Waals surface area contributed by atoms with Crippen LogP contribution in [0.4, 0.5) is 0 Å². The van der Waals surface area contributed by atoms with Crippen molar-refractivity contribution in [1.29, 1.82) is 0 Å². The lowest BCUT2D eigenvalue weighted by atomic mass is 10.2. The van der Waals surface area contributed by atoms with Crippen molar-refractivity contribution in [3.8, 4) is 0 Å². The summed E-state index contributed by atoms with van der Waals surface area (Å²) in [6.07, 6.45) is 1.64. The second-order valence-electron chi connectivity index (χ2n) is 5.34. The molecule has 0 radical (unpaired) electrons. The monoisotopic (exact) mass is 283 g/mol. The number of fused-ring (bicyclic) bond motifs is 5. The van der Waals surface area contributed by atoms with Gasteiger partial charge in [-0.1, -0.05) is 13.8 Å². The van der Waals surface area contributed by atoms with E-state index in [1.807, 2.05) is 17.5 Å². The first kappa shape index (κ1) is 12.4. The maximum Gasteiger partial charge on any atom is 0.202 e. The first-order chi connectivity index (χ1) is 10.2. The van der Waals surface area contributed by atoms with E-state index in [2.05, 4.69) is 35.4 Å². The van der Waals surface area contributed by atoms with Gasteiger partial charge in [0.15, 0.2) is 11.4 Å². The number of rotatable bonds is 2. The van der Waals surface area contributed by atoms with Gasteiger partial charge in [0.2, 0.25) is 5.65 Å². The summed E-state index contributed by atoms with van der Waals surface area (Å²) in [5.41, 5.74) is 4.92. The van der Waals surface area contributed by atoms with Crippen molar-refractivity contribution in [2.75, 3.05) is 0 Å². The van der Waals surface area contributed by atoms with Gasteiger partial charge in [-0.25, -0.2) is 0 Å².